The molecule has 0 radical (unpaired) electrons. The van der Waals surface area contributed by atoms with Crippen LogP contribution in [0, 0.1) is 5.82 Å². The second kappa shape index (κ2) is 3.93. The zero-order valence-electron chi connectivity index (χ0n) is 7.73. The number of nitrogens with one attached hydrogen (secondary N) is 1. The van der Waals surface area contributed by atoms with Crippen LogP contribution < -0.4 is 5.43 Å². The van der Waals surface area contributed by atoms with E-state index in [4.69, 9.17) is 0 Å². The van der Waals surface area contributed by atoms with Crippen molar-refractivity contribution in [3.05, 3.63) is 44.4 Å². The third-order valence-corrected chi connectivity index (χ3v) is 2.57. The molecule has 1 aromatic carbocycles. The zero-order valence-corrected chi connectivity index (χ0v) is 9.32. The number of rotatable bonds is 1. The zero-order chi connectivity index (χ0) is 11.9. The van der Waals surface area contributed by atoms with Crippen LogP contribution in [-0.2, 0) is 0 Å². The van der Waals surface area contributed by atoms with Crippen molar-refractivity contribution in [2.24, 2.45) is 0 Å². The first kappa shape index (κ1) is 11.2. The molecule has 0 amide bonds. The van der Waals surface area contributed by atoms with Gasteiger partial charge in [0.15, 0.2) is 5.43 Å². The summed E-state index contributed by atoms with van der Waals surface area (Å²) < 4.78 is 38.6. The molecule has 0 atom stereocenters. The van der Waals surface area contributed by atoms with Gasteiger partial charge in [-0.2, -0.15) is 0 Å². The molecule has 0 aliphatic heterocycles. The van der Waals surface area contributed by atoms with Crippen LogP contribution in [0.15, 0.2) is 27.5 Å². The van der Waals surface area contributed by atoms with Gasteiger partial charge in [0.25, 0.3) is 6.43 Å². The van der Waals surface area contributed by atoms with Gasteiger partial charge in [-0.05, 0) is 12.1 Å². The summed E-state index contributed by atoms with van der Waals surface area (Å²) in [5, 5.41) is 0.0382. The number of benzene rings is 1. The minimum absolute atomic E-state index is 0.0382. The highest BCUT2D eigenvalue weighted by molar-refractivity contribution is 9.10. The van der Waals surface area contributed by atoms with Gasteiger partial charge in [-0.1, -0.05) is 15.9 Å². The van der Waals surface area contributed by atoms with E-state index < -0.39 is 23.4 Å². The maximum absolute atomic E-state index is 13.4. The lowest BCUT2D eigenvalue weighted by atomic mass is 10.2. The second-order valence-electron chi connectivity index (χ2n) is 3.20. The predicted octanol–water partition coefficient (Wildman–Crippen LogP) is 3.37. The number of H-pyrrole nitrogens is 1. The lowest BCUT2D eigenvalue weighted by Crippen LogP contribution is -2.06. The summed E-state index contributed by atoms with van der Waals surface area (Å²) in [5.74, 6) is -0.746. The van der Waals surface area contributed by atoms with Gasteiger partial charge in [-0.15, -0.1) is 0 Å². The highest BCUT2D eigenvalue weighted by atomic mass is 79.9. The fourth-order valence-electron chi connectivity index (χ4n) is 1.41. The Hall–Kier alpha value is -1.30. The van der Waals surface area contributed by atoms with Crippen molar-refractivity contribution in [1.82, 2.24) is 4.98 Å². The molecule has 2 aromatic rings. The van der Waals surface area contributed by atoms with Gasteiger partial charge in [0.05, 0.1) is 11.2 Å². The van der Waals surface area contributed by atoms with E-state index in [-0.39, 0.29) is 10.9 Å². The lowest BCUT2D eigenvalue weighted by Gasteiger charge is -2.04. The van der Waals surface area contributed by atoms with Gasteiger partial charge >= 0.3 is 0 Å². The number of hydrogen-bond acceptors (Lipinski definition) is 1. The van der Waals surface area contributed by atoms with Gasteiger partial charge in [-0.25, -0.2) is 13.2 Å². The molecule has 0 spiro atoms. The maximum atomic E-state index is 13.4. The largest absolute Gasteiger partial charge is 0.351 e. The Morgan fingerprint density at radius 3 is 2.56 bits per heavy atom. The van der Waals surface area contributed by atoms with E-state index in [9.17, 15) is 18.0 Å². The van der Waals surface area contributed by atoms with Gasteiger partial charge in [0.2, 0.25) is 0 Å². The summed E-state index contributed by atoms with van der Waals surface area (Å²) in [6.07, 6.45) is -2.83. The molecule has 1 N–H and O–H groups in total. The molecular weight excluding hydrogens is 287 g/mol. The summed E-state index contributed by atoms with van der Waals surface area (Å²) in [6.45, 7) is 0. The van der Waals surface area contributed by atoms with Crippen molar-refractivity contribution in [3.63, 3.8) is 0 Å². The Balaban J connectivity index is 2.87. The number of hydrogen-bond donors (Lipinski definition) is 1. The Bertz CT molecular complexity index is 609. The minimum atomic E-state index is -2.83. The molecule has 16 heavy (non-hydrogen) atoms. The van der Waals surface area contributed by atoms with E-state index in [0.717, 1.165) is 12.1 Å². The second-order valence-corrected chi connectivity index (χ2v) is 4.12. The predicted molar refractivity (Wildman–Crippen MR) is 57.2 cm³/mol. The number of aromatic amines is 1. The van der Waals surface area contributed by atoms with Crippen molar-refractivity contribution in [2.75, 3.05) is 0 Å². The normalized spacial score (nSPS) is 11.3. The number of alkyl halides is 2. The Labute approximate surface area is 96.2 Å². The fraction of sp³-hybridized carbons (Fsp3) is 0.100. The lowest BCUT2D eigenvalue weighted by molar-refractivity contribution is 0.146. The molecule has 1 aromatic heterocycles. The summed E-state index contributed by atoms with van der Waals surface area (Å²) in [6, 6.07) is 3.26. The molecule has 0 bridgehead atoms. The van der Waals surface area contributed by atoms with Crippen molar-refractivity contribution in [1.29, 1.82) is 0 Å². The highest BCUT2D eigenvalue weighted by Crippen LogP contribution is 2.22. The molecular formula is C10H5BrF3NO. The Morgan fingerprint density at radius 1 is 1.25 bits per heavy atom. The smallest absolute Gasteiger partial charge is 0.278 e. The topological polar surface area (TPSA) is 32.9 Å². The van der Waals surface area contributed by atoms with Crippen LogP contribution in [-0.4, -0.2) is 4.98 Å². The number of pyridine rings is 1. The molecule has 2 rings (SSSR count). The van der Waals surface area contributed by atoms with Gasteiger partial charge in [0, 0.05) is 15.9 Å². The fourth-order valence-corrected chi connectivity index (χ4v) is 1.84. The van der Waals surface area contributed by atoms with Crippen LogP contribution in [0.2, 0.25) is 0 Å². The van der Waals surface area contributed by atoms with Gasteiger partial charge < -0.3 is 4.98 Å². The highest BCUT2D eigenvalue weighted by Gasteiger charge is 2.13. The van der Waals surface area contributed by atoms with Crippen LogP contribution in [0.3, 0.4) is 0 Å². The first-order chi connectivity index (χ1) is 7.49. The molecule has 2 nitrogen and oxygen atoms in total. The maximum Gasteiger partial charge on any atom is 0.278 e. The molecule has 0 aliphatic rings. The quantitative estimate of drug-likeness (QED) is 0.859. The first-order valence-electron chi connectivity index (χ1n) is 4.29. The van der Waals surface area contributed by atoms with Crippen LogP contribution in [0.5, 0.6) is 0 Å². The molecule has 6 heteroatoms. The van der Waals surface area contributed by atoms with E-state index in [2.05, 4.69) is 20.9 Å². The monoisotopic (exact) mass is 291 g/mol. The Kier molecular flexibility index (Phi) is 2.75. The van der Waals surface area contributed by atoms with E-state index in [1.54, 1.807) is 0 Å². The van der Waals surface area contributed by atoms with Crippen LogP contribution >= 0.6 is 15.9 Å². The summed E-state index contributed by atoms with van der Waals surface area (Å²) in [5.41, 5.74) is -1.42. The SMILES string of the molecule is O=c1cc(C(F)F)[nH]c2c(F)cc(Br)cc12. The van der Waals surface area contributed by atoms with E-state index in [0.29, 0.717) is 4.47 Å². The average molecular weight is 292 g/mol. The number of fused-ring (bicyclic) bond motifs is 1. The molecule has 84 valence electrons. The molecule has 1 heterocycles. The van der Waals surface area contributed by atoms with E-state index in [1.165, 1.54) is 6.07 Å². The van der Waals surface area contributed by atoms with Crippen molar-refractivity contribution >= 4 is 26.8 Å². The van der Waals surface area contributed by atoms with E-state index in [1.807, 2.05) is 0 Å². The van der Waals surface area contributed by atoms with Gasteiger partial charge in [0.1, 0.15) is 5.82 Å². The molecule has 0 aliphatic carbocycles. The van der Waals surface area contributed by atoms with Crippen LogP contribution in [0.4, 0.5) is 13.2 Å². The standard InChI is InChI=1S/C10H5BrF3NO/c11-4-1-5-8(16)3-7(10(13)14)15-9(5)6(12)2-4/h1-3,10H,(H,15,16). The minimum Gasteiger partial charge on any atom is -0.351 e. The molecule has 0 saturated heterocycles. The number of halogens is 4. The summed E-state index contributed by atoms with van der Waals surface area (Å²) in [4.78, 5) is 13.7. The van der Waals surface area contributed by atoms with Crippen LogP contribution in [0.1, 0.15) is 12.1 Å². The van der Waals surface area contributed by atoms with E-state index >= 15 is 0 Å². The Morgan fingerprint density at radius 2 is 1.94 bits per heavy atom. The van der Waals surface area contributed by atoms with Crippen molar-refractivity contribution in [2.45, 2.75) is 6.43 Å². The first-order valence-corrected chi connectivity index (χ1v) is 5.08. The summed E-state index contributed by atoms with van der Waals surface area (Å²) >= 11 is 3.02. The van der Waals surface area contributed by atoms with Crippen LogP contribution in [0.25, 0.3) is 10.9 Å². The molecule has 0 fully saturated rings. The van der Waals surface area contributed by atoms with Crippen molar-refractivity contribution < 1.29 is 13.2 Å². The third kappa shape index (κ3) is 1.84. The summed E-state index contributed by atoms with van der Waals surface area (Å²) in [7, 11) is 0. The average Bonchev–Trinajstić information content (AvgIpc) is 2.19. The molecule has 0 unspecified atom stereocenters. The van der Waals surface area contributed by atoms with Crippen molar-refractivity contribution in [3.8, 4) is 0 Å². The third-order valence-electron chi connectivity index (χ3n) is 2.11. The molecule has 0 saturated carbocycles. The number of aromatic nitrogens is 1. The van der Waals surface area contributed by atoms with Gasteiger partial charge in [-0.3, -0.25) is 4.79 Å².